The summed E-state index contributed by atoms with van der Waals surface area (Å²) < 4.78 is 33.5. The molecule has 2 rings (SSSR count). The van der Waals surface area contributed by atoms with Crippen LogP contribution in [0.4, 0.5) is 5.69 Å². The lowest BCUT2D eigenvalue weighted by Crippen LogP contribution is -2.14. The number of nitrogens with one attached hydrogen (secondary N) is 1. The van der Waals surface area contributed by atoms with Crippen LogP contribution in [0, 0.1) is 0 Å². The van der Waals surface area contributed by atoms with Crippen LogP contribution in [0.1, 0.15) is 5.56 Å². The van der Waals surface area contributed by atoms with Gasteiger partial charge in [-0.2, -0.15) is 0 Å². The molecule has 0 fully saturated rings. The molecule has 0 spiro atoms. The van der Waals surface area contributed by atoms with Crippen molar-refractivity contribution in [1.82, 2.24) is 0 Å². The fourth-order valence-corrected chi connectivity index (χ4v) is 3.49. The SMILES string of the molecule is COc1ccc(CN)cc1S(=O)(=O)Nc1cccc(Br)c1. The van der Waals surface area contributed by atoms with Crippen molar-refractivity contribution in [2.75, 3.05) is 11.8 Å². The molecule has 0 aliphatic carbocycles. The second kappa shape index (κ2) is 6.46. The number of hydrogen-bond donors (Lipinski definition) is 2. The fraction of sp³-hybridized carbons (Fsp3) is 0.143. The Kier molecular flexibility index (Phi) is 4.87. The minimum Gasteiger partial charge on any atom is -0.495 e. The molecule has 2 aromatic rings. The molecule has 21 heavy (non-hydrogen) atoms. The summed E-state index contributed by atoms with van der Waals surface area (Å²) in [6, 6.07) is 11.7. The lowest BCUT2D eigenvalue weighted by atomic mass is 10.2. The zero-order valence-corrected chi connectivity index (χ0v) is 13.7. The van der Waals surface area contributed by atoms with Crippen LogP contribution < -0.4 is 15.2 Å². The van der Waals surface area contributed by atoms with Crippen molar-refractivity contribution in [1.29, 1.82) is 0 Å². The van der Waals surface area contributed by atoms with E-state index in [9.17, 15) is 8.42 Å². The van der Waals surface area contributed by atoms with Gasteiger partial charge in [0.1, 0.15) is 10.6 Å². The third-order valence-corrected chi connectivity index (χ3v) is 4.73. The molecule has 0 aliphatic rings. The number of methoxy groups -OCH3 is 1. The van der Waals surface area contributed by atoms with E-state index in [0.29, 0.717) is 11.3 Å². The van der Waals surface area contributed by atoms with Gasteiger partial charge in [-0.05, 0) is 35.9 Å². The van der Waals surface area contributed by atoms with Crippen molar-refractivity contribution >= 4 is 31.6 Å². The van der Waals surface area contributed by atoms with Crippen molar-refractivity contribution in [3.63, 3.8) is 0 Å². The first-order chi connectivity index (χ1) is 9.96. The number of halogens is 1. The zero-order valence-electron chi connectivity index (χ0n) is 11.3. The molecule has 5 nitrogen and oxygen atoms in total. The van der Waals surface area contributed by atoms with Crippen molar-refractivity contribution in [3.8, 4) is 5.75 Å². The summed E-state index contributed by atoms with van der Waals surface area (Å²) in [6.45, 7) is 0.253. The van der Waals surface area contributed by atoms with E-state index in [4.69, 9.17) is 10.5 Å². The number of anilines is 1. The maximum Gasteiger partial charge on any atom is 0.265 e. The Morgan fingerprint density at radius 2 is 2.00 bits per heavy atom. The third-order valence-electron chi connectivity index (χ3n) is 2.83. The largest absolute Gasteiger partial charge is 0.495 e. The number of ether oxygens (including phenoxy) is 1. The molecule has 0 unspecified atom stereocenters. The predicted molar refractivity (Wildman–Crippen MR) is 85.8 cm³/mol. The van der Waals surface area contributed by atoms with Crippen LogP contribution in [0.3, 0.4) is 0 Å². The highest BCUT2D eigenvalue weighted by Crippen LogP contribution is 2.27. The van der Waals surface area contributed by atoms with Gasteiger partial charge in [0, 0.05) is 16.7 Å². The van der Waals surface area contributed by atoms with Crippen molar-refractivity contribution < 1.29 is 13.2 Å². The molecule has 0 aromatic heterocycles. The van der Waals surface area contributed by atoms with Crippen molar-refractivity contribution in [2.24, 2.45) is 5.73 Å². The van der Waals surface area contributed by atoms with Gasteiger partial charge >= 0.3 is 0 Å². The molecule has 0 atom stereocenters. The van der Waals surface area contributed by atoms with Gasteiger partial charge in [0.25, 0.3) is 10.0 Å². The molecule has 112 valence electrons. The first-order valence-electron chi connectivity index (χ1n) is 6.11. The lowest BCUT2D eigenvalue weighted by molar-refractivity contribution is 0.402. The number of hydrogen-bond acceptors (Lipinski definition) is 4. The van der Waals surface area contributed by atoms with Gasteiger partial charge < -0.3 is 10.5 Å². The molecule has 7 heteroatoms. The fourth-order valence-electron chi connectivity index (χ4n) is 1.82. The quantitative estimate of drug-likeness (QED) is 0.847. The van der Waals surface area contributed by atoms with Crippen LogP contribution in [0.25, 0.3) is 0 Å². The van der Waals surface area contributed by atoms with Gasteiger partial charge in [-0.25, -0.2) is 8.42 Å². The summed E-state index contributed by atoms with van der Waals surface area (Å²) in [5.74, 6) is 0.273. The second-order valence-corrected chi connectivity index (χ2v) is 6.87. The summed E-state index contributed by atoms with van der Waals surface area (Å²) in [6.07, 6.45) is 0. The second-order valence-electron chi connectivity index (χ2n) is 4.31. The van der Waals surface area contributed by atoms with Crippen LogP contribution in [0.5, 0.6) is 5.75 Å². The average Bonchev–Trinajstić information content (AvgIpc) is 2.46. The Balaban J connectivity index is 2.43. The van der Waals surface area contributed by atoms with E-state index in [1.165, 1.54) is 13.2 Å². The zero-order chi connectivity index (χ0) is 15.5. The molecular weight excluding hydrogens is 356 g/mol. The van der Waals surface area contributed by atoms with Crippen LogP contribution >= 0.6 is 15.9 Å². The summed E-state index contributed by atoms with van der Waals surface area (Å²) in [5.41, 5.74) is 6.74. The lowest BCUT2D eigenvalue weighted by Gasteiger charge is -2.13. The average molecular weight is 371 g/mol. The Labute approximate surface area is 132 Å². The number of rotatable bonds is 5. The van der Waals surface area contributed by atoms with Gasteiger partial charge in [0.05, 0.1) is 7.11 Å². The van der Waals surface area contributed by atoms with E-state index >= 15 is 0 Å². The Morgan fingerprint density at radius 3 is 2.62 bits per heavy atom. The summed E-state index contributed by atoms with van der Waals surface area (Å²) >= 11 is 3.30. The van der Waals surface area contributed by atoms with Crippen LogP contribution in [-0.4, -0.2) is 15.5 Å². The van der Waals surface area contributed by atoms with Gasteiger partial charge in [0.2, 0.25) is 0 Å². The summed E-state index contributed by atoms with van der Waals surface area (Å²) in [5, 5.41) is 0. The first kappa shape index (κ1) is 15.8. The third kappa shape index (κ3) is 3.75. The maximum absolute atomic E-state index is 12.5. The molecule has 0 amide bonds. The van der Waals surface area contributed by atoms with E-state index < -0.39 is 10.0 Å². The van der Waals surface area contributed by atoms with Crippen molar-refractivity contribution in [2.45, 2.75) is 11.4 Å². The van der Waals surface area contributed by atoms with Gasteiger partial charge in [-0.3, -0.25) is 4.72 Å². The molecule has 0 bridgehead atoms. The molecule has 0 saturated carbocycles. The predicted octanol–water partition coefficient (Wildman–Crippen LogP) is 2.72. The van der Waals surface area contributed by atoms with Crippen LogP contribution in [0.15, 0.2) is 51.8 Å². The molecule has 0 aliphatic heterocycles. The van der Waals surface area contributed by atoms with E-state index in [1.54, 1.807) is 30.3 Å². The molecule has 0 saturated heterocycles. The summed E-state index contributed by atoms with van der Waals surface area (Å²) in [4.78, 5) is 0.0629. The minimum absolute atomic E-state index is 0.0629. The van der Waals surface area contributed by atoms with E-state index in [0.717, 1.165) is 4.47 Å². The van der Waals surface area contributed by atoms with E-state index in [1.807, 2.05) is 6.07 Å². The minimum atomic E-state index is -3.76. The van der Waals surface area contributed by atoms with E-state index in [-0.39, 0.29) is 17.2 Å². The highest BCUT2D eigenvalue weighted by molar-refractivity contribution is 9.10. The smallest absolute Gasteiger partial charge is 0.265 e. The molecule has 3 N–H and O–H groups in total. The van der Waals surface area contributed by atoms with Gasteiger partial charge in [-0.1, -0.05) is 28.1 Å². The number of nitrogens with two attached hydrogens (primary N) is 1. The van der Waals surface area contributed by atoms with E-state index in [2.05, 4.69) is 20.7 Å². The molecule has 2 aromatic carbocycles. The molecular formula is C14H15BrN2O3S. The maximum atomic E-state index is 12.5. The van der Waals surface area contributed by atoms with Crippen LogP contribution in [-0.2, 0) is 16.6 Å². The highest BCUT2D eigenvalue weighted by Gasteiger charge is 2.20. The normalized spacial score (nSPS) is 11.2. The van der Waals surface area contributed by atoms with Crippen molar-refractivity contribution in [3.05, 3.63) is 52.5 Å². The first-order valence-corrected chi connectivity index (χ1v) is 8.39. The van der Waals surface area contributed by atoms with Gasteiger partial charge in [-0.15, -0.1) is 0 Å². The Hall–Kier alpha value is -1.57. The molecule has 0 heterocycles. The highest BCUT2D eigenvalue weighted by atomic mass is 79.9. The van der Waals surface area contributed by atoms with Crippen LogP contribution in [0.2, 0.25) is 0 Å². The van der Waals surface area contributed by atoms with Gasteiger partial charge in [0.15, 0.2) is 0 Å². The Morgan fingerprint density at radius 1 is 1.24 bits per heavy atom. The topological polar surface area (TPSA) is 81.4 Å². The monoisotopic (exact) mass is 370 g/mol. The molecule has 0 radical (unpaired) electrons. The summed E-state index contributed by atoms with van der Waals surface area (Å²) in [7, 11) is -2.33. The number of sulfonamides is 1. The standard InChI is InChI=1S/C14H15BrN2O3S/c1-20-13-6-5-10(9-16)7-14(13)21(18,19)17-12-4-2-3-11(15)8-12/h2-8,17H,9,16H2,1H3. The number of benzene rings is 2. The Bertz CT molecular complexity index is 748.